The molecule has 1 unspecified atom stereocenters. The summed E-state index contributed by atoms with van der Waals surface area (Å²) in [4.78, 5) is 36.8. The topological polar surface area (TPSA) is 96.0 Å². The van der Waals surface area contributed by atoms with E-state index in [1.807, 2.05) is 19.1 Å². The lowest BCUT2D eigenvalue weighted by molar-refractivity contribution is -0.162. The normalized spacial score (nSPS) is 14.5. The number of esters is 1. The van der Waals surface area contributed by atoms with Gasteiger partial charge in [0.1, 0.15) is 11.3 Å². The molecular formula is C24H16O7. The van der Waals surface area contributed by atoms with Crippen LogP contribution in [0.15, 0.2) is 73.0 Å². The number of rotatable bonds is 2. The van der Waals surface area contributed by atoms with E-state index in [9.17, 15) is 14.4 Å². The molecule has 31 heavy (non-hydrogen) atoms. The predicted molar refractivity (Wildman–Crippen MR) is 112 cm³/mol. The standard InChI is InChI=1S/C24H16O7/c1-12-7-8-20-16(9-12)15(11-21(26)29-20)17-10-18-22(31-23(17)27)14-5-3-4-6-19(14)30-24(18)28-13(2)25/h3-11,24H,1-2H3. The van der Waals surface area contributed by atoms with Crippen LogP contribution in [-0.4, -0.2) is 5.97 Å². The van der Waals surface area contributed by atoms with Crippen molar-refractivity contribution < 1.29 is 23.1 Å². The van der Waals surface area contributed by atoms with Gasteiger partial charge in [-0.2, -0.15) is 0 Å². The first kappa shape index (κ1) is 18.9. The number of hydrogen-bond donors (Lipinski definition) is 0. The first-order chi connectivity index (χ1) is 14.9. The van der Waals surface area contributed by atoms with Crippen LogP contribution in [0.4, 0.5) is 0 Å². The summed E-state index contributed by atoms with van der Waals surface area (Å²) in [5, 5.41) is 0.591. The van der Waals surface area contributed by atoms with E-state index in [0.29, 0.717) is 33.4 Å². The molecule has 1 aliphatic rings. The number of hydrogen-bond acceptors (Lipinski definition) is 7. The molecule has 0 fully saturated rings. The molecule has 0 bridgehead atoms. The lowest BCUT2D eigenvalue weighted by Gasteiger charge is -2.26. The molecule has 0 amide bonds. The van der Waals surface area contributed by atoms with Crippen LogP contribution in [0.2, 0.25) is 0 Å². The number of ether oxygens (including phenoxy) is 2. The highest BCUT2D eigenvalue weighted by atomic mass is 16.7. The summed E-state index contributed by atoms with van der Waals surface area (Å²) in [6.07, 6.45) is -1.10. The monoisotopic (exact) mass is 416 g/mol. The number of fused-ring (bicyclic) bond motifs is 4. The smallest absolute Gasteiger partial charge is 0.344 e. The molecule has 154 valence electrons. The van der Waals surface area contributed by atoms with Gasteiger partial charge in [0, 0.05) is 23.9 Å². The van der Waals surface area contributed by atoms with Gasteiger partial charge in [-0.05, 0) is 37.3 Å². The predicted octanol–water partition coefficient (Wildman–Crippen LogP) is 4.34. The maximum Gasteiger partial charge on any atom is 0.344 e. The molecule has 2 aromatic heterocycles. The molecule has 0 N–H and O–H groups in total. The average Bonchev–Trinajstić information content (AvgIpc) is 2.73. The first-order valence-electron chi connectivity index (χ1n) is 9.57. The van der Waals surface area contributed by atoms with E-state index in [1.165, 1.54) is 13.0 Å². The second-order valence-corrected chi connectivity index (χ2v) is 7.27. The van der Waals surface area contributed by atoms with Crippen LogP contribution < -0.4 is 16.0 Å². The number of carbonyl (C=O) groups is 1. The largest absolute Gasteiger partial charge is 0.450 e. The fraction of sp³-hybridized carbons (Fsp3) is 0.125. The zero-order valence-electron chi connectivity index (χ0n) is 16.6. The second-order valence-electron chi connectivity index (χ2n) is 7.27. The number of aryl methyl sites for hydroxylation is 1. The van der Waals surface area contributed by atoms with E-state index in [1.54, 1.807) is 36.4 Å². The number of benzene rings is 2. The second kappa shape index (κ2) is 6.98. The zero-order chi connectivity index (χ0) is 21.7. The quantitative estimate of drug-likeness (QED) is 0.354. The third-order valence-corrected chi connectivity index (χ3v) is 5.06. The highest BCUT2D eigenvalue weighted by Crippen LogP contribution is 2.43. The van der Waals surface area contributed by atoms with Crippen LogP contribution in [-0.2, 0) is 9.53 Å². The average molecular weight is 416 g/mol. The van der Waals surface area contributed by atoms with Crippen LogP contribution in [0.25, 0.3) is 33.4 Å². The number of para-hydroxylation sites is 1. The van der Waals surface area contributed by atoms with Crippen LogP contribution in [0, 0.1) is 6.92 Å². The third kappa shape index (κ3) is 3.20. The molecule has 0 saturated heterocycles. The minimum Gasteiger partial charge on any atom is -0.450 e. The Morgan fingerprint density at radius 2 is 1.74 bits per heavy atom. The van der Waals surface area contributed by atoms with E-state index < -0.39 is 23.5 Å². The lowest BCUT2D eigenvalue weighted by atomic mass is 9.97. The van der Waals surface area contributed by atoms with Gasteiger partial charge in [0.15, 0.2) is 5.76 Å². The van der Waals surface area contributed by atoms with Gasteiger partial charge in [0.2, 0.25) is 0 Å². The van der Waals surface area contributed by atoms with E-state index in [2.05, 4.69) is 0 Å². The Morgan fingerprint density at radius 1 is 0.935 bits per heavy atom. The van der Waals surface area contributed by atoms with E-state index in [0.717, 1.165) is 5.56 Å². The van der Waals surface area contributed by atoms with Crippen molar-refractivity contribution >= 4 is 16.9 Å². The Balaban J connectivity index is 1.80. The molecule has 1 aliphatic heterocycles. The summed E-state index contributed by atoms with van der Waals surface area (Å²) in [7, 11) is 0. The van der Waals surface area contributed by atoms with Gasteiger partial charge >= 0.3 is 17.2 Å². The van der Waals surface area contributed by atoms with Gasteiger partial charge in [0.05, 0.1) is 16.7 Å². The van der Waals surface area contributed by atoms with Crippen molar-refractivity contribution in [3.63, 3.8) is 0 Å². The van der Waals surface area contributed by atoms with Gasteiger partial charge < -0.3 is 18.3 Å². The van der Waals surface area contributed by atoms with Crippen LogP contribution in [0.3, 0.4) is 0 Å². The van der Waals surface area contributed by atoms with Gasteiger partial charge in [0.25, 0.3) is 6.29 Å². The molecule has 3 heterocycles. The molecule has 7 heteroatoms. The molecule has 0 spiro atoms. The Bertz CT molecular complexity index is 1480. The lowest BCUT2D eigenvalue weighted by Crippen LogP contribution is -2.21. The van der Waals surface area contributed by atoms with Crippen molar-refractivity contribution in [2.24, 2.45) is 0 Å². The van der Waals surface area contributed by atoms with Gasteiger partial charge in [-0.3, -0.25) is 4.79 Å². The molecule has 0 aliphatic carbocycles. The summed E-state index contributed by atoms with van der Waals surface area (Å²) in [6, 6.07) is 15.1. The summed E-state index contributed by atoms with van der Waals surface area (Å²) < 4.78 is 22.1. The minimum absolute atomic E-state index is 0.141. The molecule has 4 aromatic rings. The van der Waals surface area contributed by atoms with Crippen molar-refractivity contribution in [3.05, 3.63) is 86.6 Å². The molecule has 7 nitrogen and oxygen atoms in total. The van der Waals surface area contributed by atoms with Crippen LogP contribution >= 0.6 is 0 Å². The van der Waals surface area contributed by atoms with Crippen LogP contribution in [0.1, 0.15) is 24.3 Å². The van der Waals surface area contributed by atoms with Crippen molar-refractivity contribution in [1.29, 1.82) is 0 Å². The SMILES string of the molecule is CC(=O)OC1Oc2ccccc2-c2oc(=O)c(-c3cc(=O)oc4ccc(C)cc34)cc21. The zero-order valence-corrected chi connectivity index (χ0v) is 16.6. The molecule has 0 saturated carbocycles. The summed E-state index contributed by atoms with van der Waals surface area (Å²) >= 11 is 0. The fourth-order valence-corrected chi connectivity index (χ4v) is 3.73. The Hall–Kier alpha value is -4.13. The molecule has 0 radical (unpaired) electrons. The van der Waals surface area contributed by atoms with Crippen molar-refractivity contribution in [3.8, 4) is 28.2 Å². The van der Waals surface area contributed by atoms with Crippen LogP contribution in [0.5, 0.6) is 5.75 Å². The van der Waals surface area contributed by atoms with Gasteiger partial charge in [-0.1, -0.05) is 23.8 Å². The first-order valence-corrected chi connectivity index (χ1v) is 9.57. The van der Waals surface area contributed by atoms with Crippen molar-refractivity contribution in [2.45, 2.75) is 20.1 Å². The van der Waals surface area contributed by atoms with Crippen molar-refractivity contribution in [1.82, 2.24) is 0 Å². The Labute approximate surface area is 175 Å². The van der Waals surface area contributed by atoms with Gasteiger partial charge in [-0.15, -0.1) is 0 Å². The summed E-state index contributed by atoms with van der Waals surface area (Å²) in [6.45, 7) is 3.16. The maximum absolute atomic E-state index is 13.0. The number of carbonyl (C=O) groups excluding carboxylic acids is 1. The van der Waals surface area contributed by atoms with Crippen molar-refractivity contribution in [2.75, 3.05) is 0 Å². The highest BCUT2D eigenvalue weighted by molar-refractivity contribution is 5.93. The highest BCUT2D eigenvalue weighted by Gasteiger charge is 2.32. The summed E-state index contributed by atoms with van der Waals surface area (Å²) in [5.74, 6) is 0.133. The molecule has 5 rings (SSSR count). The molecule has 2 aromatic carbocycles. The van der Waals surface area contributed by atoms with E-state index in [-0.39, 0.29) is 11.3 Å². The third-order valence-electron chi connectivity index (χ3n) is 5.06. The Morgan fingerprint density at radius 3 is 2.55 bits per heavy atom. The fourth-order valence-electron chi connectivity index (χ4n) is 3.73. The molecular weight excluding hydrogens is 400 g/mol. The van der Waals surface area contributed by atoms with E-state index >= 15 is 0 Å². The minimum atomic E-state index is -1.10. The van der Waals surface area contributed by atoms with Gasteiger partial charge in [-0.25, -0.2) is 9.59 Å². The maximum atomic E-state index is 13.0. The summed E-state index contributed by atoms with van der Waals surface area (Å²) in [5.41, 5.74) is 1.50. The van der Waals surface area contributed by atoms with E-state index in [4.69, 9.17) is 18.3 Å². The Kier molecular flexibility index (Phi) is 4.25. The molecule has 1 atom stereocenters.